The molecule has 0 bridgehead atoms. The molecule has 1 saturated heterocycles. The smallest absolute Gasteiger partial charge is 0.126 e. The Morgan fingerprint density at radius 2 is 2.36 bits per heavy atom. The van der Waals surface area contributed by atoms with Crippen LogP contribution in [0.3, 0.4) is 0 Å². The maximum Gasteiger partial charge on any atom is 0.126 e. The molecule has 1 nitrogen and oxygen atoms in total. The average molecular weight is 214 g/mol. The van der Waals surface area contributed by atoms with Gasteiger partial charge in [0.2, 0.25) is 0 Å². The van der Waals surface area contributed by atoms with Crippen molar-refractivity contribution in [1.29, 1.82) is 0 Å². The Bertz CT molecular complexity index is 321. The third-order valence-corrected chi connectivity index (χ3v) is 2.91. The topological polar surface area (TPSA) is 12.0 Å². The van der Waals surface area contributed by atoms with Gasteiger partial charge in [0.1, 0.15) is 5.82 Å². The molecule has 1 N–H and O–H groups in total. The zero-order valence-corrected chi connectivity index (χ0v) is 8.65. The van der Waals surface area contributed by atoms with Gasteiger partial charge in [-0.1, -0.05) is 11.6 Å². The first kappa shape index (κ1) is 9.94. The molecule has 76 valence electrons. The van der Waals surface area contributed by atoms with Crippen LogP contribution in [0.2, 0.25) is 5.02 Å². The average Bonchev–Trinajstić information content (AvgIpc) is 2.64. The van der Waals surface area contributed by atoms with E-state index >= 15 is 0 Å². The summed E-state index contributed by atoms with van der Waals surface area (Å²) in [4.78, 5) is 0. The molecule has 0 spiro atoms. The zero-order chi connectivity index (χ0) is 9.97. The molecule has 1 atom stereocenters. The van der Waals surface area contributed by atoms with Crippen molar-refractivity contribution in [3.05, 3.63) is 34.6 Å². The van der Waals surface area contributed by atoms with Gasteiger partial charge in [0, 0.05) is 5.02 Å². The van der Waals surface area contributed by atoms with Crippen molar-refractivity contribution >= 4 is 11.6 Å². The summed E-state index contributed by atoms with van der Waals surface area (Å²) in [7, 11) is 0. The number of rotatable bonds is 2. The lowest BCUT2D eigenvalue weighted by Crippen LogP contribution is -2.11. The molecule has 0 saturated carbocycles. The minimum absolute atomic E-state index is 0.138. The van der Waals surface area contributed by atoms with Gasteiger partial charge in [-0.25, -0.2) is 4.39 Å². The predicted octanol–water partition coefficient (Wildman–Crippen LogP) is 2.63. The van der Waals surface area contributed by atoms with Crippen molar-refractivity contribution in [3.63, 3.8) is 0 Å². The van der Waals surface area contributed by atoms with Crippen LogP contribution >= 0.6 is 11.6 Å². The van der Waals surface area contributed by atoms with Gasteiger partial charge in [-0.3, -0.25) is 0 Å². The summed E-state index contributed by atoms with van der Waals surface area (Å²) in [5, 5.41) is 3.89. The summed E-state index contributed by atoms with van der Waals surface area (Å²) in [5.41, 5.74) is 0.742. The van der Waals surface area contributed by atoms with Crippen LogP contribution in [0.15, 0.2) is 18.2 Å². The molecule has 0 radical (unpaired) electrons. The largest absolute Gasteiger partial charge is 0.316 e. The van der Waals surface area contributed by atoms with Crippen LogP contribution in [0, 0.1) is 11.7 Å². The van der Waals surface area contributed by atoms with E-state index in [2.05, 4.69) is 5.32 Å². The Hall–Kier alpha value is -0.600. The van der Waals surface area contributed by atoms with Crippen LogP contribution in [0.25, 0.3) is 0 Å². The first-order valence-corrected chi connectivity index (χ1v) is 5.28. The van der Waals surface area contributed by atoms with Crippen molar-refractivity contribution in [2.45, 2.75) is 12.8 Å². The first-order valence-electron chi connectivity index (χ1n) is 4.90. The molecular weight excluding hydrogens is 201 g/mol. The van der Waals surface area contributed by atoms with Gasteiger partial charge in [-0.05, 0) is 55.6 Å². The highest BCUT2D eigenvalue weighted by atomic mass is 35.5. The fraction of sp³-hybridized carbons (Fsp3) is 0.455. The van der Waals surface area contributed by atoms with Crippen LogP contribution in [-0.2, 0) is 6.42 Å². The second-order valence-corrected chi connectivity index (χ2v) is 4.24. The molecule has 1 aromatic carbocycles. The molecule has 14 heavy (non-hydrogen) atoms. The monoisotopic (exact) mass is 213 g/mol. The van der Waals surface area contributed by atoms with E-state index in [1.54, 1.807) is 12.1 Å². The van der Waals surface area contributed by atoms with Gasteiger partial charge >= 0.3 is 0 Å². The highest BCUT2D eigenvalue weighted by Crippen LogP contribution is 2.20. The van der Waals surface area contributed by atoms with Gasteiger partial charge in [-0.2, -0.15) is 0 Å². The van der Waals surface area contributed by atoms with E-state index in [1.807, 2.05) is 0 Å². The molecule has 1 aliphatic heterocycles. The Labute approximate surface area is 88.3 Å². The maximum absolute atomic E-state index is 13.3. The standard InChI is InChI=1S/C11H13ClFN/c12-10-1-2-11(13)9(6-10)5-8-3-4-14-7-8/h1-2,6,8,14H,3-5,7H2. The normalized spacial score (nSPS) is 21.4. The van der Waals surface area contributed by atoms with Crippen LogP contribution in [0.5, 0.6) is 0 Å². The van der Waals surface area contributed by atoms with Crippen LogP contribution in [0.1, 0.15) is 12.0 Å². The number of hydrogen-bond donors (Lipinski definition) is 1. The maximum atomic E-state index is 13.3. The quantitative estimate of drug-likeness (QED) is 0.797. The summed E-state index contributed by atoms with van der Waals surface area (Å²) in [6.07, 6.45) is 1.92. The van der Waals surface area contributed by atoms with Crippen molar-refractivity contribution in [2.24, 2.45) is 5.92 Å². The van der Waals surface area contributed by atoms with Crippen LogP contribution < -0.4 is 5.32 Å². The molecule has 0 aliphatic carbocycles. The van der Waals surface area contributed by atoms with Crippen molar-refractivity contribution < 1.29 is 4.39 Å². The Kier molecular flexibility index (Phi) is 3.04. The molecule has 2 rings (SSSR count). The fourth-order valence-electron chi connectivity index (χ4n) is 1.90. The summed E-state index contributed by atoms with van der Waals surface area (Å²) in [6.45, 7) is 2.04. The number of hydrogen-bond acceptors (Lipinski definition) is 1. The van der Waals surface area contributed by atoms with E-state index in [0.717, 1.165) is 31.5 Å². The summed E-state index contributed by atoms with van der Waals surface area (Å²) in [5.74, 6) is 0.421. The number of halogens is 2. The van der Waals surface area contributed by atoms with E-state index in [9.17, 15) is 4.39 Å². The molecule has 1 unspecified atom stereocenters. The van der Waals surface area contributed by atoms with E-state index in [4.69, 9.17) is 11.6 Å². The minimum atomic E-state index is -0.138. The third kappa shape index (κ3) is 2.25. The van der Waals surface area contributed by atoms with Crippen molar-refractivity contribution in [1.82, 2.24) is 5.32 Å². The lowest BCUT2D eigenvalue weighted by Gasteiger charge is -2.09. The Morgan fingerprint density at radius 1 is 1.50 bits per heavy atom. The van der Waals surface area contributed by atoms with E-state index in [-0.39, 0.29) is 5.82 Å². The second-order valence-electron chi connectivity index (χ2n) is 3.80. The molecule has 1 aromatic rings. The predicted molar refractivity (Wildman–Crippen MR) is 56.1 cm³/mol. The highest BCUT2D eigenvalue weighted by Gasteiger charge is 2.16. The molecule has 1 aliphatic rings. The van der Waals surface area contributed by atoms with Gasteiger partial charge in [0.15, 0.2) is 0 Å². The zero-order valence-electron chi connectivity index (χ0n) is 7.89. The van der Waals surface area contributed by atoms with Crippen LogP contribution in [-0.4, -0.2) is 13.1 Å². The van der Waals surface area contributed by atoms with Gasteiger partial charge < -0.3 is 5.32 Å². The molecular formula is C11H13ClFN. The summed E-state index contributed by atoms with van der Waals surface area (Å²) >= 11 is 5.82. The third-order valence-electron chi connectivity index (χ3n) is 2.68. The molecule has 3 heteroatoms. The molecule has 1 fully saturated rings. The van der Waals surface area contributed by atoms with E-state index < -0.39 is 0 Å². The van der Waals surface area contributed by atoms with Gasteiger partial charge in [0.05, 0.1) is 0 Å². The number of nitrogens with one attached hydrogen (secondary N) is 1. The molecule has 1 heterocycles. The van der Waals surface area contributed by atoms with E-state index in [0.29, 0.717) is 10.9 Å². The highest BCUT2D eigenvalue weighted by molar-refractivity contribution is 6.30. The summed E-state index contributed by atoms with van der Waals surface area (Å²) in [6, 6.07) is 4.77. The number of benzene rings is 1. The second kappa shape index (κ2) is 4.28. The Morgan fingerprint density at radius 3 is 3.07 bits per heavy atom. The SMILES string of the molecule is Fc1ccc(Cl)cc1CC1CCNC1. The molecule has 0 aromatic heterocycles. The van der Waals surface area contributed by atoms with Crippen molar-refractivity contribution in [3.8, 4) is 0 Å². The summed E-state index contributed by atoms with van der Waals surface area (Å²) < 4.78 is 13.3. The van der Waals surface area contributed by atoms with E-state index in [1.165, 1.54) is 6.07 Å². The lowest BCUT2D eigenvalue weighted by molar-refractivity contribution is 0.544. The minimum Gasteiger partial charge on any atom is -0.316 e. The Balaban J connectivity index is 2.10. The molecule has 0 amide bonds. The van der Waals surface area contributed by atoms with Gasteiger partial charge in [0.25, 0.3) is 0 Å². The first-order chi connectivity index (χ1) is 6.75. The van der Waals surface area contributed by atoms with Crippen molar-refractivity contribution in [2.75, 3.05) is 13.1 Å². The van der Waals surface area contributed by atoms with Crippen LogP contribution in [0.4, 0.5) is 4.39 Å². The lowest BCUT2D eigenvalue weighted by atomic mass is 9.98. The fourth-order valence-corrected chi connectivity index (χ4v) is 2.09. The van der Waals surface area contributed by atoms with Gasteiger partial charge in [-0.15, -0.1) is 0 Å².